The first-order valence-corrected chi connectivity index (χ1v) is 5.19. The summed E-state index contributed by atoms with van der Waals surface area (Å²) < 4.78 is 0.800. The zero-order valence-corrected chi connectivity index (χ0v) is 9.32. The molecule has 5 heteroatoms. The molecule has 3 N–H and O–H groups in total. The topological polar surface area (TPSA) is 41.3 Å². The second-order valence-electron chi connectivity index (χ2n) is 3.12. The number of hydrazine groups is 1. The molecule has 0 aliphatic rings. The molecule has 0 aliphatic heterocycles. The third kappa shape index (κ3) is 3.25. The van der Waals surface area contributed by atoms with E-state index in [9.17, 15) is 0 Å². The van der Waals surface area contributed by atoms with Gasteiger partial charge in [0.05, 0.1) is 10.4 Å². The van der Waals surface area contributed by atoms with E-state index in [-0.39, 0.29) is 6.04 Å². The predicted molar refractivity (Wildman–Crippen MR) is 57.9 cm³/mol. The van der Waals surface area contributed by atoms with Crippen molar-refractivity contribution in [3.63, 3.8) is 0 Å². The van der Waals surface area contributed by atoms with Crippen molar-refractivity contribution in [1.29, 1.82) is 0 Å². The molecule has 1 atom stereocenters. The average Bonchev–Trinajstić information content (AvgIpc) is 2.47. The van der Waals surface area contributed by atoms with Gasteiger partial charge in [-0.15, -0.1) is 11.3 Å². The minimum atomic E-state index is 0.160. The van der Waals surface area contributed by atoms with E-state index >= 15 is 0 Å². The van der Waals surface area contributed by atoms with Crippen molar-refractivity contribution in [1.82, 2.24) is 10.3 Å². The normalized spacial score (nSPS) is 13.6. The first-order chi connectivity index (χ1) is 6.13. The summed E-state index contributed by atoms with van der Waals surface area (Å²) in [5.41, 5.74) is 2.77. The number of thiophene rings is 1. The van der Waals surface area contributed by atoms with Crippen LogP contribution in [0.4, 0.5) is 0 Å². The van der Waals surface area contributed by atoms with Gasteiger partial charge in [-0.2, -0.15) is 0 Å². The Morgan fingerprint density at radius 1 is 1.62 bits per heavy atom. The summed E-state index contributed by atoms with van der Waals surface area (Å²) in [5.74, 6) is 5.45. The Balaban J connectivity index is 2.66. The van der Waals surface area contributed by atoms with Gasteiger partial charge in [0.2, 0.25) is 0 Å². The van der Waals surface area contributed by atoms with E-state index in [2.05, 4.69) is 10.3 Å². The molecule has 0 radical (unpaired) electrons. The van der Waals surface area contributed by atoms with Crippen molar-refractivity contribution in [3.8, 4) is 0 Å². The number of nitrogens with two attached hydrogens (primary N) is 1. The predicted octanol–water partition coefficient (Wildman–Crippen LogP) is 1.47. The monoisotopic (exact) mass is 219 g/mol. The Bertz CT molecular complexity index is 262. The SMILES string of the molecule is CN(C)CC(NN)c1ccc(Cl)s1. The molecule has 13 heavy (non-hydrogen) atoms. The van der Waals surface area contributed by atoms with Crippen molar-refractivity contribution in [3.05, 3.63) is 21.3 Å². The molecule has 1 heterocycles. The summed E-state index contributed by atoms with van der Waals surface area (Å²) in [7, 11) is 4.03. The van der Waals surface area contributed by atoms with Gasteiger partial charge >= 0.3 is 0 Å². The van der Waals surface area contributed by atoms with Crippen molar-refractivity contribution < 1.29 is 0 Å². The molecule has 0 saturated carbocycles. The van der Waals surface area contributed by atoms with Gasteiger partial charge in [0.15, 0.2) is 0 Å². The number of halogens is 1. The molecular weight excluding hydrogens is 206 g/mol. The minimum Gasteiger partial charge on any atom is -0.307 e. The van der Waals surface area contributed by atoms with Crippen LogP contribution >= 0.6 is 22.9 Å². The summed E-state index contributed by atoms with van der Waals surface area (Å²) >= 11 is 7.39. The van der Waals surface area contributed by atoms with Gasteiger partial charge in [-0.1, -0.05) is 11.6 Å². The minimum absolute atomic E-state index is 0.160. The second kappa shape index (κ2) is 4.93. The molecule has 0 fully saturated rings. The fraction of sp³-hybridized carbons (Fsp3) is 0.500. The maximum atomic E-state index is 5.83. The van der Waals surface area contributed by atoms with Gasteiger partial charge in [0, 0.05) is 11.4 Å². The Morgan fingerprint density at radius 2 is 2.31 bits per heavy atom. The van der Waals surface area contributed by atoms with Crippen LogP contribution in [0.1, 0.15) is 10.9 Å². The van der Waals surface area contributed by atoms with Gasteiger partial charge in [-0.25, -0.2) is 0 Å². The number of rotatable bonds is 4. The molecule has 0 amide bonds. The van der Waals surface area contributed by atoms with Gasteiger partial charge in [-0.05, 0) is 26.2 Å². The third-order valence-electron chi connectivity index (χ3n) is 1.69. The van der Waals surface area contributed by atoms with Gasteiger partial charge in [0.1, 0.15) is 0 Å². The highest BCUT2D eigenvalue weighted by Crippen LogP contribution is 2.26. The third-order valence-corrected chi connectivity index (χ3v) is 3.03. The molecule has 0 aromatic carbocycles. The summed E-state index contributed by atoms with van der Waals surface area (Å²) in [6.45, 7) is 0.868. The fourth-order valence-corrected chi connectivity index (χ4v) is 2.22. The lowest BCUT2D eigenvalue weighted by molar-refractivity contribution is 0.347. The maximum absolute atomic E-state index is 5.83. The Labute approximate surface area is 87.5 Å². The van der Waals surface area contributed by atoms with Crippen LogP contribution in [0.25, 0.3) is 0 Å². The Morgan fingerprint density at radius 3 is 2.69 bits per heavy atom. The van der Waals surface area contributed by atoms with E-state index in [4.69, 9.17) is 17.4 Å². The molecule has 74 valence electrons. The number of hydrogen-bond donors (Lipinski definition) is 2. The molecule has 1 rings (SSSR count). The van der Waals surface area contributed by atoms with Gasteiger partial charge in [0.25, 0.3) is 0 Å². The molecule has 0 aliphatic carbocycles. The van der Waals surface area contributed by atoms with Crippen LogP contribution in [-0.2, 0) is 0 Å². The molecule has 1 aromatic rings. The van der Waals surface area contributed by atoms with Crippen LogP contribution in [0.15, 0.2) is 12.1 Å². The number of hydrogen-bond acceptors (Lipinski definition) is 4. The van der Waals surface area contributed by atoms with Crippen LogP contribution in [0.2, 0.25) is 4.34 Å². The van der Waals surface area contributed by atoms with Crippen molar-refractivity contribution in [2.75, 3.05) is 20.6 Å². The number of likely N-dealkylation sites (N-methyl/N-ethyl adjacent to an activating group) is 1. The molecule has 0 saturated heterocycles. The van der Waals surface area contributed by atoms with E-state index in [1.807, 2.05) is 26.2 Å². The largest absolute Gasteiger partial charge is 0.307 e. The highest BCUT2D eigenvalue weighted by atomic mass is 35.5. The van der Waals surface area contributed by atoms with Crippen LogP contribution in [0.3, 0.4) is 0 Å². The standard InChI is InChI=1S/C8H14ClN3S/c1-12(2)5-6(11-10)7-3-4-8(9)13-7/h3-4,6,11H,5,10H2,1-2H3. The Kier molecular flexibility index (Phi) is 4.15. The molecule has 1 unspecified atom stereocenters. The quantitative estimate of drug-likeness (QED) is 0.595. The fourth-order valence-electron chi connectivity index (χ4n) is 1.11. The summed E-state index contributed by atoms with van der Waals surface area (Å²) in [6.07, 6.45) is 0. The maximum Gasteiger partial charge on any atom is 0.0931 e. The van der Waals surface area contributed by atoms with E-state index in [0.717, 1.165) is 10.9 Å². The van der Waals surface area contributed by atoms with Crippen LogP contribution in [-0.4, -0.2) is 25.5 Å². The number of nitrogens with one attached hydrogen (secondary N) is 1. The number of nitrogens with zero attached hydrogens (tertiary/aromatic N) is 1. The van der Waals surface area contributed by atoms with E-state index < -0.39 is 0 Å². The van der Waals surface area contributed by atoms with Crippen LogP contribution in [0, 0.1) is 0 Å². The Hall–Kier alpha value is -0.130. The van der Waals surface area contributed by atoms with Crippen LogP contribution in [0.5, 0.6) is 0 Å². The van der Waals surface area contributed by atoms with Crippen molar-refractivity contribution in [2.45, 2.75) is 6.04 Å². The van der Waals surface area contributed by atoms with Crippen molar-refractivity contribution in [2.24, 2.45) is 5.84 Å². The average molecular weight is 220 g/mol. The second-order valence-corrected chi connectivity index (χ2v) is 4.87. The first kappa shape index (κ1) is 10.9. The smallest absolute Gasteiger partial charge is 0.0931 e. The van der Waals surface area contributed by atoms with Crippen molar-refractivity contribution >= 4 is 22.9 Å². The van der Waals surface area contributed by atoms with Gasteiger partial charge < -0.3 is 4.90 Å². The molecule has 0 bridgehead atoms. The van der Waals surface area contributed by atoms with E-state index in [1.165, 1.54) is 4.88 Å². The molecule has 3 nitrogen and oxygen atoms in total. The zero-order valence-electron chi connectivity index (χ0n) is 7.75. The molecule has 1 aromatic heterocycles. The highest BCUT2D eigenvalue weighted by Gasteiger charge is 2.12. The lowest BCUT2D eigenvalue weighted by Crippen LogP contribution is -2.34. The lowest BCUT2D eigenvalue weighted by atomic mass is 10.2. The molecular formula is C8H14ClN3S. The highest BCUT2D eigenvalue weighted by molar-refractivity contribution is 7.16. The van der Waals surface area contributed by atoms with E-state index in [1.54, 1.807) is 11.3 Å². The van der Waals surface area contributed by atoms with Crippen LogP contribution < -0.4 is 11.3 Å². The van der Waals surface area contributed by atoms with E-state index in [0.29, 0.717) is 0 Å². The zero-order chi connectivity index (χ0) is 9.84. The first-order valence-electron chi connectivity index (χ1n) is 3.99. The summed E-state index contributed by atoms with van der Waals surface area (Å²) in [5, 5.41) is 0. The van der Waals surface area contributed by atoms with Gasteiger partial charge in [-0.3, -0.25) is 11.3 Å². The summed E-state index contributed by atoms with van der Waals surface area (Å²) in [4.78, 5) is 3.25. The molecule has 0 spiro atoms. The summed E-state index contributed by atoms with van der Waals surface area (Å²) in [6, 6.07) is 4.05. The lowest BCUT2D eigenvalue weighted by Gasteiger charge is -2.18.